The van der Waals surface area contributed by atoms with Gasteiger partial charge in [0.25, 0.3) is 0 Å². The van der Waals surface area contributed by atoms with Crippen LogP contribution in [0.1, 0.15) is 24.3 Å². The van der Waals surface area contributed by atoms with Gasteiger partial charge in [0.05, 0.1) is 0 Å². The minimum atomic E-state index is 0.734. The molecule has 0 aliphatic carbocycles. The lowest BCUT2D eigenvalue weighted by Gasteiger charge is -2.32. The average molecular weight is 281 g/mol. The Kier molecular flexibility index (Phi) is 4.90. The van der Waals surface area contributed by atoms with Crippen molar-refractivity contribution in [3.8, 4) is 5.75 Å². The molecule has 0 saturated carbocycles. The maximum Gasteiger partial charge on any atom is 0.119 e. The van der Waals surface area contributed by atoms with Gasteiger partial charge in [0.2, 0.25) is 0 Å². The van der Waals surface area contributed by atoms with Gasteiger partial charge in [-0.3, -0.25) is 4.90 Å². The van der Waals surface area contributed by atoms with Crippen molar-refractivity contribution in [2.24, 2.45) is 0 Å². The van der Waals surface area contributed by atoms with E-state index in [1.165, 1.54) is 31.5 Å². The lowest BCUT2D eigenvalue weighted by Crippen LogP contribution is -2.35. The van der Waals surface area contributed by atoms with Crippen LogP contribution in [-0.4, -0.2) is 31.1 Å². The molecule has 1 aliphatic heterocycles. The highest BCUT2D eigenvalue weighted by atomic mass is 16.5. The third-order valence-electron chi connectivity index (χ3n) is 4.28. The Morgan fingerprint density at radius 2 is 1.48 bits per heavy atom. The second-order valence-electron chi connectivity index (χ2n) is 5.69. The van der Waals surface area contributed by atoms with E-state index in [1.54, 1.807) is 0 Å². The van der Waals surface area contributed by atoms with Gasteiger partial charge in [0.1, 0.15) is 12.4 Å². The summed E-state index contributed by atoms with van der Waals surface area (Å²) in [5.41, 5.74) is 1.50. The molecule has 110 valence electrons. The molecule has 0 aromatic heterocycles. The number of likely N-dealkylation sites (tertiary alicyclic amines) is 1. The summed E-state index contributed by atoms with van der Waals surface area (Å²) in [6.07, 6.45) is 2.52. The Morgan fingerprint density at radius 3 is 2.14 bits per heavy atom. The summed E-state index contributed by atoms with van der Waals surface area (Å²) in [7, 11) is 0. The van der Waals surface area contributed by atoms with Crippen LogP contribution in [0.3, 0.4) is 0 Å². The summed E-state index contributed by atoms with van der Waals surface area (Å²) in [4.78, 5) is 2.52. The zero-order valence-electron chi connectivity index (χ0n) is 12.4. The molecule has 0 unspecified atom stereocenters. The molecule has 1 fully saturated rings. The highest BCUT2D eigenvalue weighted by molar-refractivity contribution is 5.21. The quantitative estimate of drug-likeness (QED) is 0.823. The summed E-state index contributed by atoms with van der Waals surface area (Å²) >= 11 is 0. The second kappa shape index (κ2) is 7.28. The van der Waals surface area contributed by atoms with Gasteiger partial charge in [-0.15, -0.1) is 0 Å². The summed E-state index contributed by atoms with van der Waals surface area (Å²) in [6, 6.07) is 21.0. The van der Waals surface area contributed by atoms with Crippen molar-refractivity contribution < 1.29 is 4.74 Å². The first kappa shape index (κ1) is 14.2. The molecular weight excluding hydrogens is 258 g/mol. The van der Waals surface area contributed by atoms with E-state index >= 15 is 0 Å². The molecule has 0 amide bonds. The van der Waals surface area contributed by atoms with Crippen LogP contribution in [0.2, 0.25) is 0 Å². The van der Waals surface area contributed by atoms with Crippen LogP contribution in [-0.2, 0) is 0 Å². The first-order chi connectivity index (χ1) is 10.4. The van der Waals surface area contributed by atoms with E-state index in [0.717, 1.165) is 24.8 Å². The van der Waals surface area contributed by atoms with Crippen LogP contribution in [0, 0.1) is 0 Å². The van der Waals surface area contributed by atoms with E-state index in [9.17, 15) is 0 Å². The average Bonchev–Trinajstić information content (AvgIpc) is 2.57. The van der Waals surface area contributed by atoms with Crippen molar-refractivity contribution in [1.82, 2.24) is 4.90 Å². The summed E-state index contributed by atoms with van der Waals surface area (Å²) in [6.45, 7) is 4.16. The fraction of sp³-hybridized carbons (Fsp3) is 0.368. The van der Waals surface area contributed by atoms with Crippen LogP contribution in [0.4, 0.5) is 0 Å². The zero-order valence-corrected chi connectivity index (χ0v) is 12.4. The van der Waals surface area contributed by atoms with Gasteiger partial charge < -0.3 is 4.74 Å². The third kappa shape index (κ3) is 4.08. The van der Waals surface area contributed by atoms with E-state index in [4.69, 9.17) is 4.74 Å². The number of hydrogen-bond donors (Lipinski definition) is 0. The molecule has 1 heterocycles. The van der Waals surface area contributed by atoms with Gasteiger partial charge in [-0.05, 0) is 49.5 Å². The maximum atomic E-state index is 5.78. The van der Waals surface area contributed by atoms with Gasteiger partial charge in [-0.25, -0.2) is 0 Å². The van der Waals surface area contributed by atoms with Crippen molar-refractivity contribution in [1.29, 1.82) is 0 Å². The lowest BCUT2D eigenvalue weighted by atomic mass is 9.89. The Bertz CT molecular complexity index is 515. The first-order valence-corrected chi connectivity index (χ1v) is 7.87. The Hall–Kier alpha value is -1.80. The second-order valence-corrected chi connectivity index (χ2v) is 5.69. The molecule has 1 saturated heterocycles. The van der Waals surface area contributed by atoms with Crippen LogP contribution in [0.5, 0.6) is 5.75 Å². The Balaban J connectivity index is 1.40. The topological polar surface area (TPSA) is 12.5 Å². The molecule has 0 bridgehead atoms. The molecule has 2 nitrogen and oxygen atoms in total. The standard InChI is InChI=1S/C19H23NO/c1-3-7-17(8-4-1)18-11-13-20(14-12-18)15-16-21-19-9-5-2-6-10-19/h1-10,18H,11-16H2. The van der Waals surface area contributed by atoms with Crippen LogP contribution in [0.25, 0.3) is 0 Å². The van der Waals surface area contributed by atoms with Crippen LogP contribution >= 0.6 is 0 Å². The van der Waals surface area contributed by atoms with Crippen molar-refractivity contribution in [3.63, 3.8) is 0 Å². The normalized spacial score (nSPS) is 16.8. The first-order valence-electron chi connectivity index (χ1n) is 7.87. The number of hydrogen-bond acceptors (Lipinski definition) is 2. The summed E-state index contributed by atoms with van der Waals surface area (Å²) in [5, 5.41) is 0. The van der Waals surface area contributed by atoms with Crippen molar-refractivity contribution in [2.75, 3.05) is 26.2 Å². The van der Waals surface area contributed by atoms with E-state index in [0.29, 0.717) is 0 Å². The highest BCUT2D eigenvalue weighted by Crippen LogP contribution is 2.27. The fourth-order valence-corrected chi connectivity index (χ4v) is 3.02. The number of ether oxygens (including phenoxy) is 1. The molecule has 0 spiro atoms. The van der Waals surface area contributed by atoms with Gasteiger partial charge in [-0.1, -0.05) is 48.5 Å². The minimum absolute atomic E-state index is 0.734. The minimum Gasteiger partial charge on any atom is -0.492 e. The van der Waals surface area contributed by atoms with Crippen molar-refractivity contribution in [3.05, 3.63) is 66.2 Å². The lowest BCUT2D eigenvalue weighted by molar-refractivity contribution is 0.173. The van der Waals surface area contributed by atoms with E-state index < -0.39 is 0 Å². The predicted molar refractivity (Wildman–Crippen MR) is 86.8 cm³/mol. The van der Waals surface area contributed by atoms with Gasteiger partial charge in [0, 0.05) is 6.54 Å². The summed E-state index contributed by atoms with van der Waals surface area (Å²) < 4.78 is 5.78. The molecule has 2 aromatic rings. The molecule has 2 aromatic carbocycles. The number of piperidine rings is 1. The van der Waals surface area contributed by atoms with Gasteiger partial charge in [-0.2, -0.15) is 0 Å². The predicted octanol–water partition coefficient (Wildman–Crippen LogP) is 3.95. The molecule has 1 aliphatic rings. The molecule has 0 radical (unpaired) electrons. The molecular formula is C19H23NO. The van der Waals surface area contributed by atoms with E-state index in [1.807, 2.05) is 30.3 Å². The largest absolute Gasteiger partial charge is 0.492 e. The molecule has 0 N–H and O–H groups in total. The SMILES string of the molecule is c1ccc(OCCN2CCC(c3ccccc3)CC2)cc1. The Labute approximate surface area is 127 Å². The number of nitrogens with zero attached hydrogens (tertiary/aromatic N) is 1. The monoisotopic (exact) mass is 281 g/mol. The Morgan fingerprint density at radius 1 is 0.857 bits per heavy atom. The fourth-order valence-electron chi connectivity index (χ4n) is 3.02. The van der Waals surface area contributed by atoms with Crippen LogP contribution < -0.4 is 4.74 Å². The highest BCUT2D eigenvalue weighted by Gasteiger charge is 2.19. The van der Waals surface area contributed by atoms with E-state index in [-0.39, 0.29) is 0 Å². The van der Waals surface area contributed by atoms with Crippen molar-refractivity contribution in [2.45, 2.75) is 18.8 Å². The number of para-hydroxylation sites is 1. The number of benzene rings is 2. The van der Waals surface area contributed by atoms with Crippen molar-refractivity contribution >= 4 is 0 Å². The van der Waals surface area contributed by atoms with Gasteiger partial charge >= 0.3 is 0 Å². The molecule has 0 atom stereocenters. The van der Waals surface area contributed by atoms with Gasteiger partial charge in [0.15, 0.2) is 0 Å². The smallest absolute Gasteiger partial charge is 0.119 e. The molecule has 2 heteroatoms. The zero-order chi connectivity index (χ0) is 14.3. The third-order valence-corrected chi connectivity index (χ3v) is 4.28. The maximum absolute atomic E-state index is 5.78. The number of rotatable bonds is 5. The van der Waals surface area contributed by atoms with E-state index in [2.05, 4.69) is 35.2 Å². The van der Waals surface area contributed by atoms with Crippen LogP contribution in [0.15, 0.2) is 60.7 Å². The molecule has 21 heavy (non-hydrogen) atoms. The molecule has 3 rings (SSSR count). The summed E-state index contributed by atoms with van der Waals surface area (Å²) in [5.74, 6) is 1.70.